The first-order chi connectivity index (χ1) is 9.57. The third-order valence-electron chi connectivity index (χ3n) is 2.42. The van der Waals surface area contributed by atoms with Crippen LogP contribution < -0.4 is 0 Å². The van der Waals surface area contributed by atoms with Crippen LogP contribution in [0.4, 0.5) is 0 Å². The van der Waals surface area contributed by atoms with E-state index in [0.29, 0.717) is 0 Å². The fraction of sp³-hybridized carbons (Fsp3) is 0.786. The van der Waals surface area contributed by atoms with E-state index in [1.54, 1.807) is 20.8 Å². The predicted molar refractivity (Wildman–Crippen MR) is 79.2 cm³/mol. The maximum atomic E-state index is 11.7. The van der Waals surface area contributed by atoms with Crippen LogP contribution in [-0.4, -0.2) is 37.5 Å². The molecule has 0 aliphatic heterocycles. The summed E-state index contributed by atoms with van der Waals surface area (Å²) in [5.41, 5.74) is -0.299. The molecule has 0 atom stereocenters. The number of hydrogen-bond donors (Lipinski definition) is 0. The van der Waals surface area contributed by atoms with Gasteiger partial charge in [-0.15, -0.1) is 0 Å². The van der Waals surface area contributed by atoms with Gasteiger partial charge in [-0.1, -0.05) is 0 Å². The standard InChI is InChI=1S/C5H11.3C3H6O2.Sn/c1-5(2,3)4;3*1-2-3(4)5;/h1H2,2-4H3;3*2H2,1H3,(H,4,5);/q;;;;+3/p-3. The number of carbonyl (C=O) groups is 3. The third-order valence-corrected chi connectivity index (χ3v) is 11.3. The molecule has 0 radical (unpaired) electrons. The molecule has 0 spiro atoms. The Balaban J connectivity index is 5.50. The Morgan fingerprint density at radius 1 is 0.762 bits per heavy atom. The maximum absolute atomic E-state index is 11.7. The minimum absolute atomic E-state index is 0.135. The van der Waals surface area contributed by atoms with E-state index in [0.717, 1.165) is 0 Å². The topological polar surface area (TPSA) is 78.9 Å². The van der Waals surface area contributed by atoms with E-state index in [-0.39, 0.29) is 29.1 Å². The SMILES string of the molecule is CCC(=O)[O][Sn]([CH2]C(C)(C)C)([O]C(=O)CC)[O]C(=O)CC. The second-order valence-corrected chi connectivity index (χ2v) is 12.6. The molecule has 0 saturated heterocycles. The normalized spacial score (nSPS) is 11.7. The zero-order chi connectivity index (χ0) is 16.7. The van der Waals surface area contributed by atoms with Crippen molar-refractivity contribution in [2.75, 3.05) is 0 Å². The molecule has 0 amide bonds. The molecule has 122 valence electrons. The van der Waals surface area contributed by atoms with Gasteiger partial charge in [0.25, 0.3) is 0 Å². The molecule has 0 saturated carbocycles. The van der Waals surface area contributed by atoms with E-state index in [1.807, 2.05) is 20.8 Å². The van der Waals surface area contributed by atoms with Crippen LogP contribution in [0.15, 0.2) is 0 Å². The van der Waals surface area contributed by atoms with Gasteiger partial charge >= 0.3 is 132 Å². The van der Waals surface area contributed by atoms with E-state index in [1.165, 1.54) is 0 Å². The van der Waals surface area contributed by atoms with E-state index >= 15 is 0 Å². The van der Waals surface area contributed by atoms with Crippen LogP contribution in [0.2, 0.25) is 4.44 Å². The van der Waals surface area contributed by atoms with Crippen molar-refractivity contribution in [1.82, 2.24) is 0 Å². The van der Waals surface area contributed by atoms with Crippen LogP contribution in [-0.2, 0) is 23.6 Å². The zero-order valence-electron chi connectivity index (χ0n) is 13.8. The van der Waals surface area contributed by atoms with E-state index in [2.05, 4.69) is 0 Å². The first kappa shape index (κ1) is 20.2. The Morgan fingerprint density at radius 3 is 1.24 bits per heavy atom. The Kier molecular flexibility index (Phi) is 8.28. The number of hydrogen-bond acceptors (Lipinski definition) is 6. The first-order valence-electron chi connectivity index (χ1n) is 7.23. The number of rotatable bonds is 7. The van der Waals surface area contributed by atoms with Crippen molar-refractivity contribution in [1.29, 1.82) is 0 Å². The summed E-state index contributed by atoms with van der Waals surface area (Å²) in [6, 6.07) is 0. The molecule has 0 bridgehead atoms. The summed E-state index contributed by atoms with van der Waals surface area (Å²) in [6.07, 6.45) is 0.405. The predicted octanol–water partition coefficient (Wildman–Crippen LogP) is 2.83. The van der Waals surface area contributed by atoms with E-state index in [4.69, 9.17) is 9.22 Å². The molecule has 0 aromatic rings. The van der Waals surface area contributed by atoms with Crippen molar-refractivity contribution in [3.63, 3.8) is 0 Å². The van der Waals surface area contributed by atoms with Crippen LogP contribution in [0.5, 0.6) is 0 Å². The van der Waals surface area contributed by atoms with Crippen LogP contribution in [0.25, 0.3) is 0 Å². The van der Waals surface area contributed by atoms with Gasteiger partial charge in [-0.25, -0.2) is 0 Å². The summed E-state index contributed by atoms with van der Waals surface area (Å²) in [5, 5.41) is 0. The van der Waals surface area contributed by atoms with Gasteiger partial charge in [-0.2, -0.15) is 0 Å². The quantitative estimate of drug-likeness (QED) is 0.602. The van der Waals surface area contributed by atoms with Crippen molar-refractivity contribution >= 4 is 37.5 Å². The molecule has 0 aromatic carbocycles. The molecule has 7 heteroatoms. The Labute approximate surface area is 132 Å². The summed E-state index contributed by atoms with van der Waals surface area (Å²) in [4.78, 5) is 35.1. The molecule has 0 aliphatic rings. The molecule has 0 aliphatic carbocycles. The summed E-state index contributed by atoms with van der Waals surface area (Å²) in [5.74, 6) is -1.53. The van der Waals surface area contributed by atoms with Crippen molar-refractivity contribution in [3.8, 4) is 0 Å². The Hall–Kier alpha value is -0.791. The van der Waals surface area contributed by atoms with Crippen LogP contribution in [0.1, 0.15) is 60.8 Å². The molecular formula is C14H26O6Sn. The summed E-state index contributed by atoms with van der Waals surface area (Å²) in [6.45, 7) is 10.7. The fourth-order valence-electron chi connectivity index (χ4n) is 1.56. The monoisotopic (exact) mass is 410 g/mol. The molecular weight excluding hydrogens is 383 g/mol. The third kappa shape index (κ3) is 8.28. The summed E-state index contributed by atoms with van der Waals surface area (Å²) in [7, 11) is 0. The summed E-state index contributed by atoms with van der Waals surface area (Å²) < 4.78 is 16.4. The van der Waals surface area contributed by atoms with Gasteiger partial charge in [0, 0.05) is 0 Å². The van der Waals surface area contributed by atoms with Gasteiger partial charge in [-0.3, -0.25) is 0 Å². The van der Waals surface area contributed by atoms with Crippen molar-refractivity contribution in [2.45, 2.75) is 65.2 Å². The van der Waals surface area contributed by atoms with Crippen LogP contribution in [0.3, 0.4) is 0 Å². The van der Waals surface area contributed by atoms with Crippen LogP contribution in [0, 0.1) is 5.41 Å². The van der Waals surface area contributed by atoms with Gasteiger partial charge in [0.1, 0.15) is 0 Å². The molecule has 6 nitrogen and oxygen atoms in total. The second-order valence-electron chi connectivity index (χ2n) is 5.90. The summed E-state index contributed by atoms with van der Waals surface area (Å²) >= 11 is -4.62. The average Bonchev–Trinajstić information content (AvgIpc) is 2.35. The van der Waals surface area contributed by atoms with Gasteiger partial charge in [0.2, 0.25) is 0 Å². The van der Waals surface area contributed by atoms with E-state index in [9.17, 15) is 14.4 Å². The fourth-order valence-corrected chi connectivity index (χ4v) is 10.4. The van der Waals surface area contributed by atoms with E-state index < -0.39 is 37.5 Å². The molecule has 0 unspecified atom stereocenters. The van der Waals surface area contributed by atoms with Gasteiger partial charge in [0.15, 0.2) is 0 Å². The molecule has 0 N–H and O–H groups in total. The van der Waals surface area contributed by atoms with Gasteiger partial charge < -0.3 is 0 Å². The average molecular weight is 409 g/mol. The zero-order valence-corrected chi connectivity index (χ0v) is 16.6. The van der Waals surface area contributed by atoms with Crippen LogP contribution >= 0.6 is 0 Å². The second kappa shape index (κ2) is 8.60. The molecule has 0 rings (SSSR count). The van der Waals surface area contributed by atoms with Crippen molar-refractivity contribution in [2.24, 2.45) is 5.41 Å². The van der Waals surface area contributed by atoms with Gasteiger partial charge in [0.05, 0.1) is 0 Å². The number of carbonyl (C=O) groups excluding carboxylic acids is 3. The molecule has 0 fully saturated rings. The minimum atomic E-state index is -4.62. The molecule has 0 aromatic heterocycles. The molecule has 21 heavy (non-hydrogen) atoms. The van der Waals surface area contributed by atoms with Crippen molar-refractivity contribution < 1.29 is 23.6 Å². The Morgan fingerprint density at radius 2 is 1.05 bits per heavy atom. The molecule has 0 heterocycles. The van der Waals surface area contributed by atoms with Crippen molar-refractivity contribution in [3.05, 3.63) is 0 Å². The van der Waals surface area contributed by atoms with Gasteiger partial charge in [-0.05, 0) is 0 Å². The Bertz CT molecular complexity index is 340. The first-order valence-corrected chi connectivity index (χ1v) is 12.7.